The Hall–Kier alpha value is -0.480. The summed E-state index contributed by atoms with van der Waals surface area (Å²) in [6.07, 6.45) is 4.71. The standard InChI is InChI=1S/C9H17N3S/c1-9(13,5-8-11(2)3)12-7-4-6-10-12/h4,6-7,13H,5,8H2,1-3H3. The Morgan fingerprint density at radius 2 is 2.23 bits per heavy atom. The molecule has 0 aliphatic heterocycles. The van der Waals surface area contributed by atoms with Crippen LogP contribution in [0.5, 0.6) is 0 Å². The van der Waals surface area contributed by atoms with Gasteiger partial charge in [0.1, 0.15) is 4.87 Å². The summed E-state index contributed by atoms with van der Waals surface area (Å²) >= 11 is 4.59. The van der Waals surface area contributed by atoms with Gasteiger partial charge in [-0.2, -0.15) is 5.10 Å². The van der Waals surface area contributed by atoms with Crippen LogP contribution in [0.25, 0.3) is 0 Å². The van der Waals surface area contributed by atoms with Gasteiger partial charge in [0.05, 0.1) is 0 Å². The molecule has 0 N–H and O–H groups in total. The Balaban J connectivity index is 2.56. The minimum atomic E-state index is -0.187. The van der Waals surface area contributed by atoms with Crippen LogP contribution in [0.4, 0.5) is 0 Å². The summed E-state index contributed by atoms with van der Waals surface area (Å²) in [6.45, 7) is 3.09. The van der Waals surface area contributed by atoms with E-state index in [0.29, 0.717) is 0 Å². The zero-order valence-corrected chi connectivity index (χ0v) is 9.33. The zero-order chi connectivity index (χ0) is 9.90. The molecule has 0 saturated carbocycles. The van der Waals surface area contributed by atoms with Crippen molar-refractivity contribution in [2.24, 2.45) is 0 Å². The minimum absolute atomic E-state index is 0.187. The molecule has 0 radical (unpaired) electrons. The molecule has 0 aromatic carbocycles. The number of thiol groups is 1. The second kappa shape index (κ2) is 4.15. The lowest BCUT2D eigenvalue weighted by molar-refractivity contribution is 0.324. The molecule has 0 saturated heterocycles. The largest absolute Gasteiger partial charge is 0.309 e. The van der Waals surface area contributed by atoms with Crippen LogP contribution in [-0.4, -0.2) is 35.3 Å². The third-order valence-electron chi connectivity index (χ3n) is 2.03. The lowest BCUT2D eigenvalue weighted by Gasteiger charge is -2.25. The Morgan fingerprint density at radius 3 is 2.69 bits per heavy atom. The van der Waals surface area contributed by atoms with Gasteiger partial charge < -0.3 is 4.90 Å². The molecule has 1 unspecified atom stereocenters. The van der Waals surface area contributed by atoms with Crippen molar-refractivity contribution in [1.82, 2.24) is 14.7 Å². The van der Waals surface area contributed by atoms with Crippen LogP contribution in [-0.2, 0) is 4.87 Å². The van der Waals surface area contributed by atoms with Crippen molar-refractivity contribution in [2.45, 2.75) is 18.2 Å². The second-order valence-electron chi connectivity index (χ2n) is 3.72. The van der Waals surface area contributed by atoms with E-state index in [1.54, 1.807) is 6.20 Å². The van der Waals surface area contributed by atoms with Crippen molar-refractivity contribution in [3.63, 3.8) is 0 Å². The summed E-state index contributed by atoms with van der Waals surface area (Å²) < 4.78 is 1.89. The first-order valence-electron chi connectivity index (χ1n) is 4.39. The van der Waals surface area contributed by atoms with Crippen molar-refractivity contribution < 1.29 is 0 Å². The maximum atomic E-state index is 4.59. The monoisotopic (exact) mass is 199 g/mol. The van der Waals surface area contributed by atoms with Crippen LogP contribution in [0, 0.1) is 0 Å². The van der Waals surface area contributed by atoms with E-state index in [-0.39, 0.29) is 4.87 Å². The predicted molar refractivity (Wildman–Crippen MR) is 58.0 cm³/mol. The van der Waals surface area contributed by atoms with Crippen LogP contribution in [0.2, 0.25) is 0 Å². The lowest BCUT2D eigenvalue weighted by Crippen LogP contribution is -2.29. The van der Waals surface area contributed by atoms with E-state index in [1.165, 1.54) is 0 Å². The Bertz CT molecular complexity index is 241. The quantitative estimate of drug-likeness (QED) is 0.741. The Labute approximate surface area is 85.1 Å². The normalized spacial score (nSPS) is 16.1. The summed E-state index contributed by atoms with van der Waals surface area (Å²) in [6, 6.07) is 1.92. The highest BCUT2D eigenvalue weighted by Crippen LogP contribution is 2.23. The molecule has 1 rings (SSSR count). The molecule has 0 aliphatic carbocycles. The van der Waals surface area contributed by atoms with Crippen LogP contribution in [0.15, 0.2) is 18.5 Å². The molecule has 1 aromatic heterocycles. The molecule has 13 heavy (non-hydrogen) atoms. The van der Waals surface area contributed by atoms with Crippen LogP contribution < -0.4 is 0 Å². The van der Waals surface area contributed by atoms with Gasteiger partial charge in [-0.3, -0.25) is 4.68 Å². The SMILES string of the molecule is CN(C)CCC(C)(S)n1cccn1. The van der Waals surface area contributed by atoms with Crippen LogP contribution in [0.3, 0.4) is 0 Å². The van der Waals surface area contributed by atoms with Gasteiger partial charge in [-0.15, -0.1) is 12.6 Å². The summed E-state index contributed by atoms with van der Waals surface area (Å²) in [5.41, 5.74) is 0. The number of rotatable bonds is 4. The molecule has 1 heterocycles. The van der Waals surface area contributed by atoms with E-state index in [9.17, 15) is 0 Å². The molecule has 0 fully saturated rings. The van der Waals surface area contributed by atoms with Gasteiger partial charge in [0.25, 0.3) is 0 Å². The first-order valence-corrected chi connectivity index (χ1v) is 4.84. The maximum Gasteiger partial charge on any atom is 0.103 e. The highest BCUT2D eigenvalue weighted by molar-refractivity contribution is 7.81. The molecule has 1 atom stereocenters. The molecule has 74 valence electrons. The first-order chi connectivity index (χ1) is 6.02. The van der Waals surface area contributed by atoms with Crippen molar-refractivity contribution >= 4 is 12.6 Å². The molecule has 0 aliphatic rings. The van der Waals surface area contributed by atoms with Gasteiger partial charge in [-0.05, 0) is 33.5 Å². The third kappa shape index (κ3) is 3.04. The van der Waals surface area contributed by atoms with Crippen LogP contribution >= 0.6 is 12.6 Å². The highest BCUT2D eigenvalue weighted by atomic mass is 32.1. The lowest BCUT2D eigenvalue weighted by atomic mass is 10.2. The topological polar surface area (TPSA) is 21.1 Å². The maximum absolute atomic E-state index is 4.59. The molecule has 4 heteroatoms. The fourth-order valence-electron chi connectivity index (χ4n) is 1.10. The summed E-state index contributed by atoms with van der Waals surface area (Å²) in [4.78, 5) is 1.96. The zero-order valence-electron chi connectivity index (χ0n) is 8.44. The molecule has 1 aromatic rings. The number of aromatic nitrogens is 2. The van der Waals surface area contributed by atoms with Crippen molar-refractivity contribution in [1.29, 1.82) is 0 Å². The van der Waals surface area contributed by atoms with Gasteiger partial charge in [-0.25, -0.2) is 0 Å². The van der Waals surface area contributed by atoms with E-state index in [4.69, 9.17) is 0 Å². The second-order valence-corrected chi connectivity index (χ2v) is 4.68. The van der Waals surface area contributed by atoms with E-state index >= 15 is 0 Å². The number of nitrogens with zero attached hydrogens (tertiary/aromatic N) is 3. The van der Waals surface area contributed by atoms with Gasteiger partial charge in [0.15, 0.2) is 0 Å². The number of hydrogen-bond donors (Lipinski definition) is 1. The average Bonchev–Trinajstić information content (AvgIpc) is 2.53. The van der Waals surface area contributed by atoms with Gasteiger partial charge in [0, 0.05) is 18.9 Å². The van der Waals surface area contributed by atoms with Gasteiger partial charge >= 0.3 is 0 Å². The molecular weight excluding hydrogens is 182 g/mol. The summed E-state index contributed by atoms with van der Waals surface area (Å²) in [5, 5.41) is 4.19. The molecule has 0 bridgehead atoms. The molecule has 3 nitrogen and oxygen atoms in total. The van der Waals surface area contributed by atoms with Gasteiger partial charge in [-0.1, -0.05) is 0 Å². The van der Waals surface area contributed by atoms with Crippen LogP contribution in [0.1, 0.15) is 13.3 Å². The highest BCUT2D eigenvalue weighted by Gasteiger charge is 2.21. The van der Waals surface area contributed by atoms with E-state index < -0.39 is 0 Å². The molecular formula is C9H17N3S. The minimum Gasteiger partial charge on any atom is -0.309 e. The first kappa shape index (κ1) is 10.6. The average molecular weight is 199 g/mol. The van der Waals surface area contributed by atoms with Crippen molar-refractivity contribution in [2.75, 3.05) is 20.6 Å². The smallest absolute Gasteiger partial charge is 0.103 e. The van der Waals surface area contributed by atoms with E-state index in [1.807, 2.05) is 16.9 Å². The van der Waals surface area contributed by atoms with Crippen molar-refractivity contribution in [3.05, 3.63) is 18.5 Å². The predicted octanol–water partition coefficient (Wildman–Crippen LogP) is 1.44. The van der Waals surface area contributed by atoms with E-state index in [2.05, 4.69) is 43.6 Å². The fourth-order valence-corrected chi connectivity index (χ4v) is 1.32. The van der Waals surface area contributed by atoms with Crippen molar-refractivity contribution in [3.8, 4) is 0 Å². The van der Waals surface area contributed by atoms with Gasteiger partial charge in [0.2, 0.25) is 0 Å². The molecule has 0 amide bonds. The molecule has 0 spiro atoms. The Kier molecular flexibility index (Phi) is 3.39. The number of hydrogen-bond acceptors (Lipinski definition) is 3. The fraction of sp³-hybridized carbons (Fsp3) is 0.667. The third-order valence-corrected chi connectivity index (χ3v) is 2.46. The summed E-state index contributed by atoms with van der Waals surface area (Å²) in [7, 11) is 4.12. The Morgan fingerprint density at radius 1 is 1.54 bits per heavy atom. The summed E-state index contributed by atoms with van der Waals surface area (Å²) in [5.74, 6) is 0. The van der Waals surface area contributed by atoms with E-state index in [0.717, 1.165) is 13.0 Å².